The van der Waals surface area contributed by atoms with E-state index in [-0.39, 0.29) is 6.61 Å². The molecule has 0 bridgehead atoms. The zero-order chi connectivity index (χ0) is 20.3. The molecule has 0 unspecified atom stereocenters. The number of hydrogen-bond donors (Lipinski definition) is 1. The first kappa shape index (κ1) is 22.7. The van der Waals surface area contributed by atoms with E-state index in [1.807, 2.05) is 27.7 Å². The molecule has 0 spiro atoms. The lowest BCUT2D eigenvalue weighted by atomic mass is 9.86. The molecule has 1 aliphatic heterocycles. The number of methoxy groups -OCH3 is 1. The van der Waals surface area contributed by atoms with Crippen LogP contribution in [0.4, 0.5) is 4.79 Å². The second-order valence-corrected chi connectivity index (χ2v) is 8.95. The fourth-order valence-corrected chi connectivity index (χ4v) is 3.13. The molecule has 0 aromatic rings. The number of ether oxygens (including phenoxy) is 3. The van der Waals surface area contributed by atoms with Gasteiger partial charge < -0.3 is 19.3 Å². The summed E-state index contributed by atoms with van der Waals surface area (Å²) in [6, 6.07) is 0. The van der Waals surface area contributed by atoms with Crippen LogP contribution in [-0.4, -0.2) is 59.3 Å². The Balaban J connectivity index is 3.43. The lowest BCUT2D eigenvalue weighted by molar-refractivity contribution is -0.162. The van der Waals surface area contributed by atoms with Crippen molar-refractivity contribution in [1.82, 2.24) is 4.90 Å². The molecular weight excluding hydrogens is 338 g/mol. The Morgan fingerprint density at radius 2 is 1.85 bits per heavy atom. The lowest BCUT2D eigenvalue weighted by Gasteiger charge is -2.42. The normalized spacial score (nSPS) is 25.1. The minimum absolute atomic E-state index is 0.133. The van der Waals surface area contributed by atoms with Crippen molar-refractivity contribution in [1.29, 1.82) is 0 Å². The fraction of sp³-hybridized carbons (Fsp3) is 0.895. The van der Waals surface area contributed by atoms with Crippen molar-refractivity contribution < 1.29 is 28.9 Å². The Bertz CT molecular complexity index is 507. The maximum absolute atomic E-state index is 13.0. The number of amides is 1. The van der Waals surface area contributed by atoms with Gasteiger partial charge in [-0.2, -0.15) is 0 Å². The Morgan fingerprint density at radius 3 is 2.27 bits per heavy atom. The molecule has 7 nitrogen and oxygen atoms in total. The molecule has 1 rings (SSSR count). The second-order valence-electron chi connectivity index (χ2n) is 8.95. The first-order chi connectivity index (χ1) is 11.8. The topological polar surface area (TPSA) is 85.3 Å². The summed E-state index contributed by atoms with van der Waals surface area (Å²) in [6.45, 7) is 12.8. The Hall–Kier alpha value is -1.34. The second kappa shape index (κ2) is 8.13. The van der Waals surface area contributed by atoms with Gasteiger partial charge in [0.15, 0.2) is 5.54 Å². The Labute approximate surface area is 157 Å². The molecule has 0 radical (unpaired) electrons. The summed E-state index contributed by atoms with van der Waals surface area (Å²) in [4.78, 5) is 27.1. The maximum Gasteiger partial charge on any atom is 0.413 e. The summed E-state index contributed by atoms with van der Waals surface area (Å²) >= 11 is 0. The Morgan fingerprint density at radius 1 is 1.27 bits per heavy atom. The highest BCUT2D eigenvalue weighted by atomic mass is 16.6. The van der Waals surface area contributed by atoms with Crippen molar-refractivity contribution >= 4 is 12.1 Å². The molecule has 3 atom stereocenters. The van der Waals surface area contributed by atoms with Gasteiger partial charge in [0.1, 0.15) is 11.8 Å². The zero-order valence-corrected chi connectivity index (χ0v) is 17.4. The van der Waals surface area contributed by atoms with Gasteiger partial charge >= 0.3 is 12.1 Å². The number of esters is 1. The molecule has 1 aliphatic rings. The first-order valence-corrected chi connectivity index (χ1v) is 9.21. The van der Waals surface area contributed by atoms with Crippen LogP contribution in [0.5, 0.6) is 0 Å². The van der Waals surface area contributed by atoms with E-state index in [2.05, 4.69) is 0 Å². The molecule has 1 N–H and O–H groups in total. The van der Waals surface area contributed by atoms with Gasteiger partial charge in [0.25, 0.3) is 0 Å². The molecule has 0 aliphatic carbocycles. The summed E-state index contributed by atoms with van der Waals surface area (Å²) in [7, 11) is 1.24. The SMILES string of the molecule is CCCC[C@@H](O)[C@@]1(C(=O)OC)CO[C@H](C(C)(C)C)N1C(=O)OC(C)(C)C. The minimum Gasteiger partial charge on any atom is -0.467 e. The molecular formula is C19H35NO6. The monoisotopic (exact) mass is 373 g/mol. The number of nitrogens with zero attached hydrogens (tertiary/aromatic N) is 1. The highest BCUT2D eigenvalue weighted by Crippen LogP contribution is 2.41. The van der Waals surface area contributed by atoms with Crippen LogP contribution < -0.4 is 0 Å². The largest absolute Gasteiger partial charge is 0.467 e. The van der Waals surface area contributed by atoms with Crippen molar-refractivity contribution in [3.63, 3.8) is 0 Å². The van der Waals surface area contributed by atoms with Crippen molar-refractivity contribution in [2.24, 2.45) is 5.41 Å². The van der Waals surface area contributed by atoms with Crippen molar-refractivity contribution in [3.8, 4) is 0 Å². The molecule has 0 aromatic heterocycles. The van der Waals surface area contributed by atoms with E-state index in [0.717, 1.165) is 6.42 Å². The molecule has 1 heterocycles. The molecule has 7 heteroatoms. The highest BCUT2D eigenvalue weighted by Gasteiger charge is 2.63. The number of carbonyl (C=O) groups excluding carboxylic acids is 2. The predicted octanol–water partition coefficient (Wildman–Crippen LogP) is 3.09. The van der Waals surface area contributed by atoms with E-state index in [4.69, 9.17) is 14.2 Å². The summed E-state index contributed by atoms with van der Waals surface area (Å²) in [5.41, 5.74) is -2.86. The van der Waals surface area contributed by atoms with Crippen LogP contribution in [0.3, 0.4) is 0 Å². The van der Waals surface area contributed by atoms with Gasteiger partial charge in [-0.25, -0.2) is 9.59 Å². The van der Waals surface area contributed by atoms with Crippen LogP contribution in [0.15, 0.2) is 0 Å². The molecule has 1 fully saturated rings. The van der Waals surface area contributed by atoms with E-state index >= 15 is 0 Å². The summed E-state index contributed by atoms with van der Waals surface area (Å²) in [6.07, 6.45) is -0.629. The molecule has 1 amide bonds. The maximum atomic E-state index is 13.0. The van der Waals surface area contributed by atoms with Gasteiger partial charge in [0, 0.05) is 5.41 Å². The number of hydrogen-bond acceptors (Lipinski definition) is 6. The lowest BCUT2D eigenvalue weighted by Crippen LogP contribution is -2.65. The quantitative estimate of drug-likeness (QED) is 0.746. The minimum atomic E-state index is -1.62. The van der Waals surface area contributed by atoms with Gasteiger partial charge in [-0.3, -0.25) is 4.90 Å². The van der Waals surface area contributed by atoms with Gasteiger partial charge in [0.2, 0.25) is 0 Å². The van der Waals surface area contributed by atoms with E-state index in [9.17, 15) is 14.7 Å². The number of aliphatic hydroxyl groups is 1. The number of unbranched alkanes of at least 4 members (excludes halogenated alkanes) is 1. The third-order valence-corrected chi connectivity index (χ3v) is 4.38. The molecule has 26 heavy (non-hydrogen) atoms. The Kier molecular flexibility index (Phi) is 7.10. The molecule has 0 aromatic carbocycles. The number of aliphatic hydroxyl groups excluding tert-OH is 1. The van der Waals surface area contributed by atoms with E-state index in [0.29, 0.717) is 12.8 Å². The third-order valence-electron chi connectivity index (χ3n) is 4.38. The average Bonchev–Trinajstić information content (AvgIpc) is 2.91. The van der Waals surface area contributed by atoms with Crippen LogP contribution in [0.1, 0.15) is 67.7 Å². The predicted molar refractivity (Wildman–Crippen MR) is 97.5 cm³/mol. The third kappa shape index (κ3) is 4.68. The fourth-order valence-electron chi connectivity index (χ4n) is 3.13. The van der Waals surface area contributed by atoms with Crippen LogP contribution in [0, 0.1) is 5.41 Å². The van der Waals surface area contributed by atoms with Crippen molar-refractivity contribution in [2.75, 3.05) is 13.7 Å². The van der Waals surface area contributed by atoms with Crippen LogP contribution >= 0.6 is 0 Å². The summed E-state index contributed by atoms with van der Waals surface area (Å²) in [5.74, 6) is -0.696. The standard InChI is InChI=1S/C19H35NO6/c1-9-10-11-13(21)19(15(22)24-8)12-25-14(17(2,3)4)20(19)16(23)26-18(5,6)7/h13-14,21H,9-12H2,1-8H3/t13-,14-,19-/m1/s1. The zero-order valence-electron chi connectivity index (χ0n) is 17.4. The molecule has 152 valence electrons. The van der Waals surface area contributed by atoms with Crippen LogP contribution in [0.2, 0.25) is 0 Å². The van der Waals surface area contributed by atoms with Gasteiger partial charge in [0.05, 0.1) is 19.8 Å². The van der Waals surface area contributed by atoms with Crippen LogP contribution in [-0.2, 0) is 19.0 Å². The van der Waals surface area contributed by atoms with Gasteiger partial charge in [-0.15, -0.1) is 0 Å². The first-order valence-electron chi connectivity index (χ1n) is 9.21. The highest BCUT2D eigenvalue weighted by molar-refractivity contribution is 5.87. The van der Waals surface area contributed by atoms with Crippen molar-refractivity contribution in [2.45, 2.75) is 91.2 Å². The van der Waals surface area contributed by atoms with Gasteiger partial charge in [-0.1, -0.05) is 40.5 Å². The van der Waals surface area contributed by atoms with E-state index in [1.165, 1.54) is 12.0 Å². The number of rotatable bonds is 5. The average molecular weight is 373 g/mol. The smallest absolute Gasteiger partial charge is 0.413 e. The van der Waals surface area contributed by atoms with Gasteiger partial charge in [-0.05, 0) is 27.2 Å². The molecule has 0 saturated carbocycles. The summed E-state index contributed by atoms with van der Waals surface area (Å²) < 4.78 is 16.4. The van der Waals surface area contributed by atoms with E-state index < -0.39 is 40.9 Å². The van der Waals surface area contributed by atoms with Crippen LogP contribution in [0.25, 0.3) is 0 Å². The number of carbonyl (C=O) groups is 2. The van der Waals surface area contributed by atoms with Crippen molar-refractivity contribution in [3.05, 3.63) is 0 Å². The van der Waals surface area contributed by atoms with E-state index in [1.54, 1.807) is 20.8 Å². The summed E-state index contributed by atoms with van der Waals surface area (Å²) in [5, 5.41) is 10.9. The molecule has 1 saturated heterocycles.